The molecule has 0 aromatic heterocycles. The fourth-order valence-corrected chi connectivity index (χ4v) is 4.24. The SMILES string of the molecule is CCS(=O)(=O)N1CCC(N(CC(=O)O)C(=O)C2CCOC2)CC1. The summed E-state index contributed by atoms with van der Waals surface area (Å²) in [5.74, 6) is -1.48. The maximum atomic E-state index is 12.6. The van der Waals surface area contributed by atoms with Gasteiger partial charge in [0, 0.05) is 25.7 Å². The molecule has 2 aliphatic rings. The zero-order valence-electron chi connectivity index (χ0n) is 13.3. The van der Waals surface area contributed by atoms with Crippen molar-refractivity contribution in [3.8, 4) is 0 Å². The van der Waals surface area contributed by atoms with E-state index in [2.05, 4.69) is 0 Å². The maximum absolute atomic E-state index is 12.6. The van der Waals surface area contributed by atoms with Crippen molar-refractivity contribution in [2.75, 3.05) is 38.6 Å². The van der Waals surface area contributed by atoms with Gasteiger partial charge in [-0.3, -0.25) is 9.59 Å². The lowest BCUT2D eigenvalue weighted by Crippen LogP contribution is -2.52. The highest BCUT2D eigenvalue weighted by Crippen LogP contribution is 2.23. The minimum atomic E-state index is -3.24. The van der Waals surface area contributed by atoms with Gasteiger partial charge in [0.2, 0.25) is 15.9 Å². The zero-order chi connectivity index (χ0) is 17.0. The molecule has 2 fully saturated rings. The highest BCUT2D eigenvalue weighted by Gasteiger charge is 2.36. The molecule has 1 atom stereocenters. The normalized spacial score (nSPS) is 23.8. The van der Waals surface area contributed by atoms with E-state index in [9.17, 15) is 18.0 Å². The number of hydrogen-bond acceptors (Lipinski definition) is 5. The van der Waals surface area contributed by atoms with E-state index in [1.54, 1.807) is 6.92 Å². The summed E-state index contributed by atoms with van der Waals surface area (Å²) in [5, 5.41) is 9.09. The van der Waals surface area contributed by atoms with Crippen LogP contribution >= 0.6 is 0 Å². The number of aliphatic carboxylic acids is 1. The first-order valence-corrected chi connectivity index (χ1v) is 9.54. The molecular weight excluding hydrogens is 324 g/mol. The van der Waals surface area contributed by atoms with Crippen LogP contribution in [0.2, 0.25) is 0 Å². The first-order valence-electron chi connectivity index (χ1n) is 7.93. The number of carboxylic acid groups (broad SMARTS) is 1. The van der Waals surface area contributed by atoms with Crippen LogP contribution in [-0.2, 0) is 24.3 Å². The van der Waals surface area contributed by atoms with Crippen molar-refractivity contribution < 1.29 is 27.9 Å². The monoisotopic (exact) mass is 348 g/mol. The highest BCUT2D eigenvalue weighted by molar-refractivity contribution is 7.89. The molecule has 2 rings (SSSR count). The molecule has 2 saturated heterocycles. The Balaban J connectivity index is 2.03. The van der Waals surface area contributed by atoms with Crippen LogP contribution < -0.4 is 0 Å². The van der Waals surface area contributed by atoms with Gasteiger partial charge in [-0.2, -0.15) is 0 Å². The standard InChI is InChI=1S/C14H24N2O6S/c1-2-23(20,21)15-6-3-12(4-7-15)16(9-13(17)18)14(19)11-5-8-22-10-11/h11-12H,2-10H2,1H3,(H,17,18). The molecular formula is C14H24N2O6S. The van der Waals surface area contributed by atoms with E-state index < -0.39 is 16.0 Å². The van der Waals surface area contributed by atoms with E-state index in [1.807, 2.05) is 0 Å². The summed E-state index contributed by atoms with van der Waals surface area (Å²) in [6.45, 7) is 2.75. The van der Waals surface area contributed by atoms with Gasteiger partial charge in [-0.15, -0.1) is 0 Å². The van der Waals surface area contributed by atoms with Gasteiger partial charge >= 0.3 is 5.97 Å². The number of carboxylic acids is 1. The third kappa shape index (κ3) is 4.42. The number of piperidine rings is 1. The summed E-state index contributed by atoms with van der Waals surface area (Å²) in [6, 6.07) is -0.234. The molecule has 9 heteroatoms. The molecule has 0 aromatic carbocycles. The average molecular weight is 348 g/mol. The first-order chi connectivity index (χ1) is 10.8. The zero-order valence-corrected chi connectivity index (χ0v) is 14.1. The number of amides is 1. The molecule has 2 heterocycles. The second kappa shape index (κ2) is 7.59. The van der Waals surface area contributed by atoms with Crippen LogP contribution in [0.4, 0.5) is 0 Å². The van der Waals surface area contributed by atoms with Crippen LogP contribution in [0.3, 0.4) is 0 Å². The highest BCUT2D eigenvalue weighted by atomic mass is 32.2. The fraction of sp³-hybridized carbons (Fsp3) is 0.857. The van der Waals surface area contributed by atoms with E-state index in [-0.39, 0.29) is 30.2 Å². The summed E-state index contributed by atoms with van der Waals surface area (Å²) in [6.07, 6.45) is 1.54. The van der Waals surface area contributed by atoms with Crippen molar-refractivity contribution in [1.82, 2.24) is 9.21 Å². The Bertz CT molecular complexity index is 535. The summed E-state index contributed by atoms with van der Waals surface area (Å²) >= 11 is 0. The van der Waals surface area contributed by atoms with Gasteiger partial charge in [0.05, 0.1) is 18.3 Å². The molecule has 0 spiro atoms. The van der Waals surface area contributed by atoms with E-state index >= 15 is 0 Å². The summed E-state index contributed by atoms with van der Waals surface area (Å²) in [5.41, 5.74) is 0. The molecule has 0 radical (unpaired) electrons. The minimum absolute atomic E-state index is 0.0504. The quantitative estimate of drug-likeness (QED) is 0.710. The number of hydrogen-bond donors (Lipinski definition) is 1. The first kappa shape index (κ1) is 18.2. The molecule has 8 nitrogen and oxygen atoms in total. The smallest absolute Gasteiger partial charge is 0.323 e. The van der Waals surface area contributed by atoms with Gasteiger partial charge in [-0.25, -0.2) is 12.7 Å². The average Bonchev–Trinajstić information content (AvgIpc) is 3.06. The van der Waals surface area contributed by atoms with Crippen molar-refractivity contribution in [3.63, 3.8) is 0 Å². The number of ether oxygens (including phenoxy) is 1. The van der Waals surface area contributed by atoms with Gasteiger partial charge < -0.3 is 14.7 Å². The Hall–Kier alpha value is -1.19. The lowest BCUT2D eigenvalue weighted by atomic mass is 10.0. The third-order valence-electron chi connectivity index (χ3n) is 4.49. The number of rotatable bonds is 6. The van der Waals surface area contributed by atoms with E-state index in [4.69, 9.17) is 9.84 Å². The van der Waals surface area contributed by atoms with Crippen LogP contribution in [0, 0.1) is 5.92 Å². The predicted molar refractivity (Wildman–Crippen MR) is 82.3 cm³/mol. The summed E-state index contributed by atoms with van der Waals surface area (Å²) < 4.78 is 30.4. The van der Waals surface area contributed by atoms with Crippen LogP contribution in [0.1, 0.15) is 26.2 Å². The number of carbonyl (C=O) groups excluding carboxylic acids is 1. The van der Waals surface area contributed by atoms with Crippen molar-refractivity contribution in [1.29, 1.82) is 0 Å². The van der Waals surface area contributed by atoms with Crippen LogP contribution in [0.5, 0.6) is 0 Å². The molecule has 0 saturated carbocycles. The Kier molecular flexibility index (Phi) is 5.99. The molecule has 0 aromatic rings. The minimum Gasteiger partial charge on any atom is -0.480 e. The Morgan fingerprint density at radius 1 is 1.26 bits per heavy atom. The molecule has 132 valence electrons. The lowest BCUT2D eigenvalue weighted by Gasteiger charge is -2.38. The Morgan fingerprint density at radius 2 is 1.91 bits per heavy atom. The van der Waals surface area contributed by atoms with Crippen LogP contribution in [-0.4, -0.2) is 79.2 Å². The van der Waals surface area contributed by atoms with Gasteiger partial charge in [-0.05, 0) is 26.2 Å². The number of carbonyl (C=O) groups is 2. The largest absolute Gasteiger partial charge is 0.480 e. The van der Waals surface area contributed by atoms with Crippen LogP contribution in [0.15, 0.2) is 0 Å². The molecule has 1 N–H and O–H groups in total. The maximum Gasteiger partial charge on any atom is 0.323 e. The molecule has 1 amide bonds. The molecule has 1 unspecified atom stereocenters. The topological polar surface area (TPSA) is 104 Å². The van der Waals surface area contributed by atoms with Gasteiger partial charge in [0.15, 0.2) is 0 Å². The summed E-state index contributed by atoms with van der Waals surface area (Å²) in [4.78, 5) is 25.1. The van der Waals surface area contributed by atoms with Crippen molar-refractivity contribution in [3.05, 3.63) is 0 Å². The Labute approximate surface area is 136 Å². The number of nitrogens with zero attached hydrogens (tertiary/aromatic N) is 2. The van der Waals surface area contributed by atoms with E-state index in [0.29, 0.717) is 45.6 Å². The van der Waals surface area contributed by atoms with Crippen LogP contribution in [0.25, 0.3) is 0 Å². The molecule has 0 aliphatic carbocycles. The van der Waals surface area contributed by atoms with Crippen molar-refractivity contribution in [2.24, 2.45) is 5.92 Å². The Morgan fingerprint density at radius 3 is 2.39 bits per heavy atom. The van der Waals surface area contributed by atoms with Crippen molar-refractivity contribution in [2.45, 2.75) is 32.2 Å². The molecule has 2 aliphatic heterocycles. The lowest BCUT2D eigenvalue weighted by molar-refractivity contribution is -0.149. The number of sulfonamides is 1. The molecule has 0 bridgehead atoms. The van der Waals surface area contributed by atoms with Crippen molar-refractivity contribution >= 4 is 21.9 Å². The molecule has 23 heavy (non-hydrogen) atoms. The predicted octanol–water partition coefficient (Wildman–Crippen LogP) is -0.250. The summed E-state index contributed by atoms with van der Waals surface area (Å²) in [7, 11) is -3.24. The van der Waals surface area contributed by atoms with Gasteiger partial charge in [0.1, 0.15) is 6.54 Å². The second-order valence-electron chi connectivity index (χ2n) is 5.95. The fourth-order valence-electron chi connectivity index (χ4n) is 3.11. The van der Waals surface area contributed by atoms with Gasteiger partial charge in [0.25, 0.3) is 0 Å². The third-order valence-corrected chi connectivity index (χ3v) is 6.37. The van der Waals surface area contributed by atoms with E-state index in [1.165, 1.54) is 9.21 Å². The van der Waals surface area contributed by atoms with Gasteiger partial charge in [-0.1, -0.05) is 0 Å². The van der Waals surface area contributed by atoms with E-state index in [0.717, 1.165) is 0 Å². The second-order valence-corrected chi connectivity index (χ2v) is 8.21.